The molecule has 132 valence electrons. The Morgan fingerprint density at radius 3 is 2.71 bits per heavy atom. The Hall–Kier alpha value is -1.59. The van der Waals surface area contributed by atoms with Crippen LogP contribution in [0.1, 0.15) is 32.6 Å². The lowest BCUT2D eigenvalue weighted by Gasteiger charge is -2.27. The third-order valence-electron chi connectivity index (χ3n) is 5.02. The Balaban J connectivity index is 1.45. The number of piperidine rings is 1. The van der Waals surface area contributed by atoms with Gasteiger partial charge in [0.15, 0.2) is 0 Å². The topological polar surface area (TPSA) is 59.6 Å². The summed E-state index contributed by atoms with van der Waals surface area (Å²) in [4.78, 5) is 12.3. The third-order valence-corrected chi connectivity index (χ3v) is 5.02. The Morgan fingerprint density at radius 1 is 1.29 bits per heavy atom. The number of hydrogen-bond acceptors (Lipinski definition) is 4. The molecular formula is C19H28N2O3. The first-order chi connectivity index (χ1) is 11.7. The van der Waals surface area contributed by atoms with Crippen molar-refractivity contribution in [1.82, 2.24) is 5.32 Å². The monoisotopic (exact) mass is 332 g/mol. The van der Waals surface area contributed by atoms with Crippen molar-refractivity contribution in [2.24, 2.45) is 11.8 Å². The van der Waals surface area contributed by atoms with E-state index in [9.17, 15) is 4.79 Å². The molecule has 2 atom stereocenters. The number of benzene rings is 1. The largest absolute Gasteiger partial charge is 0.488 e. The molecule has 0 aliphatic carbocycles. The average Bonchev–Trinajstić information content (AvgIpc) is 3.10. The van der Waals surface area contributed by atoms with Crippen molar-refractivity contribution in [3.63, 3.8) is 0 Å². The summed E-state index contributed by atoms with van der Waals surface area (Å²) in [7, 11) is 0. The minimum Gasteiger partial charge on any atom is -0.488 e. The van der Waals surface area contributed by atoms with Gasteiger partial charge in [-0.05, 0) is 62.0 Å². The van der Waals surface area contributed by atoms with Crippen LogP contribution in [0.2, 0.25) is 0 Å². The van der Waals surface area contributed by atoms with Gasteiger partial charge in [-0.15, -0.1) is 0 Å². The quantitative estimate of drug-likeness (QED) is 0.841. The van der Waals surface area contributed by atoms with E-state index in [0.29, 0.717) is 24.9 Å². The second-order valence-electron chi connectivity index (χ2n) is 6.94. The minimum absolute atomic E-state index is 0.0962. The molecule has 0 radical (unpaired) electrons. The van der Waals surface area contributed by atoms with E-state index in [0.717, 1.165) is 37.6 Å². The summed E-state index contributed by atoms with van der Waals surface area (Å²) in [5, 5.41) is 6.37. The van der Waals surface area contributed by atoms with Gasteiger partial charge in [-0.2, -0.15) is 0 Å². The van der Waals surface area contributed by atoms with Crippen molar-refractivity contribution in [1.29, 1.82) is 0 Å². The second-order valence-corrected chi connectivity index (χ2v) is 6.94. The van der Waals surface area contributed by atoms with Gasteiger partial charge in [0.2, 0.25) is 5.91 Å². The Bertz CT molecular complexity index is 520. The molecular weight excluding hydrogens is 304 g/mol. The minimum atomic E-state index is 0.0962. The first kappa shape index (κ1) is 17.2. The van der Waals surface area contributed by atoms with Gasteiger partial charge >= 0.3 is 0 Å². The van der Waals surface area contributed by atoms with Gasteiger partial charge in [-0.1, -0.05) is 6.92 Å². The van der Waals surface area contributed by atoms with Crippen LogP contribution >= 0.6 is 0 Å². The molecule has 0 aromatic heterocycles. The van der Waals surface area contributed by atoms with Gasteiger partial charge < -0.3 is 20.1 Å². The van der Waals surface area contributed by atoms with Gasteiger partial charge in [0.25, 0.3) is 0 Å². The molecule has 5 nitrogen and oxygen atoms in total. The summed E-state index contributed by atoms with van der Waals surface area (Å²) in [5.41, 5.74) is 0.826. The molecule has 1 aromatic carbocycles. The maximum atomic E-state index is 12.3. The number of nitrogens with one attached hydrogen (secondary N) is 2. The number of carbonyl (C=O) groups excluding carboxylic acids is 1. The Morgan fingerprint density at radius 2 is 2.04 bits per heavy atom. The molecule has 2 saturated heterocycles. The van der Waals surface area contributed by atoms with Gasteiger partial charge in [-0.25, -0.2) is 0 Å². The van der Waals surface area contributed by atoms with E-state index in [1.165, 1.54) is 12.8 Å². The van der Waals surface area contributed by atoms with Crippen LogP contribution in [0, 0.1) is 11.8 Å². The maximum absolute atomic E-state index is 12.3. The maximum Gasteiger partial charge on any atom is 0.224 e. The lowest BCUT2D eigenvalue weighted by molar-refractivity contribution is -0.117. The predicted molar refractivity (Wildman–Crippen MR) is 94.3 cm³/mol. The van der Waals surface area contributed by atoms with Crippen molar-refractivity contribution in [2.45, 2.75) is 38.7 Å². The predicted octanol–water partition coefficient (Wildman–Crippen LogP) is 2.82. The smallest absolute Gasteiger partial charge is 0.224 e. The van der Waals surface area contributed by atoms with Crippen LogP contribution in [-0.2, 0) is 9.53 Å². The van der Waals surface area contributed by atoms with E-state index in [4.69, 9.17) is 9.47 Å². The number of amides is 1. The van der Waals surface area contributed by atoms with Crippen molar-refractivity contribution in [2.75, 3.05) is 31.6 Å². The zero-order valence-electron chi connectivity index (χ0n) is 14.4. The molecule has 2 unspecified atom stereocenters. The lowest BCUT2D eigenvalue weighted by atomic mass is 9.84. The van der Waals surface area contributed by atoms with E-state index in [2.05, 4.69) is 17.6 Å². The summed E-state index contributed by atoms with van der Waals surface area (Å²) in [6.45, 7) is 5.77. The van der Waals surface area contributed by atoms with Crippen molar-refractivity contribution >= 4 is 11.6 Å². The number of ether oxygens (including phenoxy) is 2. The molecule has 2 heterocycles. The first-order valence-electron chi connectivity index (χ1n) is 9.06. The molecule has 24 heavy (non-hydrogen) atoms. The highest BCUT2D eigenvalue weighted by Gasteiger charge is 2.22. The van der Waals surface area contributed by atoms with Gasteiger partial charge in [0.05, 0.1) is 13.2 Å². The number of anilines is 1. The van der Waals surface area contributed by atoms with Crippen LogP contribution in [0.5, 0.6) is 5.75 Å². The van der Waals surface area contributed by atoms with E-state index >= 15 is 0 Å². The molecule has 2 aliphatic heterocycles. The van der Waals surface area contributed by atoms with Crippen LogP contribution in [0.15, 0.2) is 24.3 Å². The molecule has 0 bridgehead atoms. The summed E-state index contributed by atoms with van der Waals surface area (Å²) < 4.78 is 11.1. The molecule has 2 N–H and O–H groups in total. The third kappa shape index (κ3) is 4.95. The summed E-state index contributed by atoms with van der Waals surface area (Å²) in [6.07, 6.45) is 4.02. The van der Waals surface area contributed by atoms with Crippen LogP contribution in [0.25, 0.3) is 0 Å². The fourth-order valence-corrected chi connectivity index (χ4v) is 3.50. The summed E-state index contributed by atoms with van der Waals surface area (Å²) in [6, 6.07) is 7.62. The molecule has 2 fully saturated rings. The van der Waals surface area contributed by atoms with Crippen molar-refractivity contribution in [3.8, 4) is 5.75 Å². The SMILES string of the molecule is CC(CC(=O)Nc1ccc(OC2CCOC2)cc1)C1CCNCC1. The molecule has 1 amide bonds. The van der Waals surface area contributed by atoms with Crippen molar-refractivity contribution < 1.29 is 14.3 Å². The fourth-order valence-electron chi connectivity index (χ4n) is 3.50. The Labute approximate surface area is 144 Å². The van der Waals surface area contributed by atoms with Crippen LogP contribution in [0.4, 0.5) is 5.69 Å². The molecule has 0 spiro atoms. The molecule has 0 saturated carbocycles. The zero-order chi connectivity index (χ0) is 16.8. The van der Waals surface area contributed by atoms with Crippen LogP contribution in [0.3, 0.4) is 0 Å². The zero-order valence-corrected chi connectivity index (χ0v) is 14.4. The summed E-state index contributed by atoms with van der Waals surface area (Å²) >= 11 is 0. The van der Waals surface area contributed by atoms with E-state index in [1.807, 2.05) is 24.3 Å². The molecule has 2 aliphatic rings. The van der Waals surface area contributed by atoms with Crippen LogP contribution < -0.4 is 15.4 Å². The highest BCUT2D eigenvalue weighted by molar-refractivity contribution is 5.90. The van der Waals surface area contributed by atoms with Gasteiger partial charge in [0.1, 0.15) is 11.9 Å². The molecule has 3 rings (SSSR count). The van der Waals surface area contributed by atoms with E-state index in [-0.39, 0.29) is 12.0 Å². The number of rotatable bonds is 6. The normalized spacial score (nSPS) is 23.0. The van der Waals surface area contributed by atoms with E-state index < -0.39 is 0 Å². The highest BCUT2D eigenvalue weighted by atomic mass is 16.5. The fraction of sp³-hybridized carbons (Fsp3) is 0.632. The average molecular weight is 332 g/mol. The summed E-state index contributed by atoms with van der Waals surface area (Å²) in [5.74, 6) is 2.00. The lowest BCUT2D eigenvalue weighted by Crippen LogP contribution is -2.32. The highest BCUT2D eigenvalue weighted by Crippen LogP contribution is 2.25. The number of carbonyl (C=O) groups is 1. The van der Waals surface area contributed by atoms with Crippen LogP contribution in [-0.4, -0.2) is 38.3 Å². The first-order valence-corrected chi connectivity index (χ1v) is 9.06. The molecule has 1 aromatic rings. The second kappa shape index (κ2) is 8.49. The van der Waals surface area contributed by atoms with E-state index in [1.54, 1.807) is 0 Å². The van der Waals surface area contributed by atoms with Gasteiger partial charge in [0, 0.05) is 18.5 Å². The number of hydrogen-bond donors (Lipinski definition) is 2. The Kier molecular flexibility index (Phi) is 6.10. The standard InChI is InChI=1S/C19H28N2O3/c1-14(15-6-9-20-10-7-15)12-19(22)21-16-2-4-17(5-3-16)24-18-8-11-23-13-18/h2-5,14-15,18,20H,6-13H2,1H3,(H,21,22). The van der Waals surface area contributed by atoms with Crippen molar-refractivity contribution in [3.05, 3.63) is 24.3 Å². The molecule has 5 heteroatoms. The van der Waals surface area contributed by atoms with Gasteiger partial charge in [-0.3, -0.25) is 4.79 Å².